The molecule has 29 heavy (non-hydrogen) atoms. The van der Waals surface area contributed by atoms with Crippen molar-refractivity contribution in [1.82, 2.24) is 10.2 Å². The Bertz CT molecular complexity index is 893. The van der Waals surface area contributed by atoms with Gasteiger partial charge in [0, 0.05) is 25.2 Å². The van der Waals surface area contributed by atoms with Crippen molar-refractivity contribution in [1.29, 1.82) is 0 Å². The second kappa shape index (κ2) is 9.36. The molecule has 0 saturated carbocycles. The molecule has 3 N–H and O–H groups in total. The molecule has 1 aliphatic rings. The molecule has 0 spiro atoms. The summed E-state index contributed by atoms with van der Waals surface area (Å²) in [6, 6.07) is 15.1. The van der Waals surface area contributed by atoms with Gasteiger partial charge in [0.05, 0.1) is 25.3 Å². The van der Waals surface area contributed by atoms with Crippen molar-refractivity contribution < 1.29 is 24.5 Å². The lowest BCUT2D eigenvalue weighted by atomic mass is 9.95. The van der Waals surface area contributed by atoms with Gasteiger partial charge in [-0.3, -0.25) is 9.59 Å². The Morgan fingerprint density at radius 1 is 1.07 bits per heavy atom. The minimum Gasteiger partial charge on any atom is -0.507 e. The SMILES string of the molecule is COc1ccc(C(O)=C2C(=O)C(=O)N(CCNCCO)[C@@H]2c2ccccc2)cc1. The minimum absolute atomic E-state index is 0.0155. The third-order valence-electron chi connectivity index (χ3n) is 4.84. The number of methoxy groups -OCH3 is 1. The molecule has 0 aliphatic carbocycles. The number of carbonyl (C=O) groups excluding carboxylic acids is 2. The first kappa shape index (κ1) is 20.6. The summed E-state index contributed by atoms with van der Waals surface area (Å²) in [5.41, 5.74) is 1.24. The number of aliphatic hydroxyl groups is 2. The smallest absolute Gasteiger partial charge is 0.295 e. The highest BCUT2D eigenvalue weighted by Crippen LogP contribution is 2.39. The Morgan fingerprint density at radius 2 is 1.76 bits per heavy atom. The average molecular weight is 396 g/mol. The van der Waals surface area contributed by atoms with E-state index in [1.807, 2.05) is 30.3 Å². The topological polar surface area (TPSA) is 99.1 Å². The van der Waals surface area contributed by atoms with E-state index in [0.717, 1.165) is 5.56 Å². The first-order chi connectivity index (χ1) is 14.1. The molecule has 7 nitrogen and oxygen atoms in total. The molecule has 3 rings (SSSR count). The van der Waals surface area contributed by atoms with Crippen LogP contribution in [0, 0.1) is 0 Å². The first-order valence-corrected chi connectivity index (χ1v) is 9.37. The largest absolute Gasteiger partial charge is 0.507 e. The number of aliphatic hydroxyl groups excluding tert-OH is 2. The Kier molecular flexibility index (Phi) is 6.64. The van der Waals surface area contributed by atoms with Crippen LogP contribution in [0.1, 0.15) is 17.2 Å². The van der Waals surface area contributed by atoms with Crippen molar-refractivity contribution in [2.45, 2.75) is 6.04 Å². The number of Topliss-reactive ketones (excluding diaryl/α,β-unsaturated/α-hetero) is 1. The Hall–Kier alpha value is -3.16. The summed E-state index contributed by atoms with van der Waals surface area (Å²) < 4.78 is 5.13. The van der Waals surface area contributed by atoms with Gasteiger partial charge < -0.3 is 25.2 Å². The molecule has 0 bridgehead atoms. The predicted octanol–water partition coefficient (Wildman–Crippen LogP) is 1.70. The summed E-state index contributed by atoms with van der Waals surface area (Å²) in [4.78, 5) is 27.0. The van der Waals surface area contributed by atoms with E-state index in [2.05, 4.69) is 5.32 Å². The number of likely N-dealkylation sites (tertiary alicyclic amines) is 1. The maximum Gasteiger partial charge on any atom is 0.295 e. The van der Waals surface area contributed by atoms with Crippen LogP contribution in [0.2, 0.25) is 0 Å². The van der Waals surface area contributed by atoms with Crippen LogP contribution in [-0.4, -0.2) is 60.2 Å². The second-order valence-corrected chi connectivity index (χ2v) is 6.61. The number of hydrogen-bond donors (Lipinski definition) is 3. The molecule has 1 heterocycles. The monoisotopic (exact) mass is 396 g/mol. The molecule has 2 aromatic carbocycles. The zero-order valence-electron chi connectivity index (χ0n) is 16.2. The van der Waals surface area contributed by atoms with Gasteiger partial charge in [-0.05, 0) is 29.8 Å². The quantitative estimate of drug-likeness (QED) is 0.272. The molecule has 1 fully saturated rings. The lowest BCUT2D eigenvalue weighted by Gasteiger charge is -2.25. The van der Waals surface area contributed by atoms with E-state index in [0.29, 0.717) is 24.4 Å². The van der Waals surface area contributed by atoms with E-state index in [4.69, 9.17) is 9.84 Å². The van der Waals surface area contributed by atoms with E-state index >= 15 is 0 Å². The number of nitrogens with zero attached hydrogens (tertiary/aromatic N) is 1. The molecule has 1 amide bonds. The number of ketones is 1. The summed E-state index contributed by atoms with van der Waals surface area (Å²) >= 11 is 0. The minimum atomic E-state index is -0.714. The van der Waals surface area contributed by atoms with Crippen LogP contribution < -0.4 is 10.1 Å². The van der Waals surface area contributed by atoms with Gasteiger partial charge in [-0.1, -0.05) is 30.3 Å². The molecule has 0 radical (unpaired) electrons. The van der Waals surface area contributed by atoms with Crippen LogP contribution in [0.3, 0.4) is 0 Å². The molecule has 7 heteroatoms. The number of rotatable bonds is 8. The van der Waals surface area contributed by atoms with Gasteiger partial charge in [-0.25, -0.2) is 0 Å². The van der Waals surface area contributed by atoms with E-state index in [-0.39, 0.29) is 24.5 Å². The Balaban J connectivity index is 2.02. The highest BCUT2D eigenvalue weighted by atomic mass is 16.5. The fraction of sp³-hybridized carbons (Fsp3) is 0.273. The van der Waals surface area contributed by atoms with Crippen molar-refractivity contribution in [2.75, 3.05) is 33.4 Å². The summed E-state index contributed by atoms with van der Waals surface area (Å²) in [5, 5.41) is 22.8. The lowest BCUT2D eigenvalue weighted by Crippen LogP contribution is -2.36. The van der Waals surface area contributed by atoms with Crippen molar-refractivity contribution in [2.24, 2.45) is 0 Å². The van der Waals surface area contributed by atoms with Gasteiger partial charge in [0.2, 0.25) is 0 Å². The highest BCUT2D eigenvalue weighted by molar-refractivity contribution is 6.46. The number of carbonyl (C=O) groups is 2. The lowest BCUT2D eigenvalue weighted by molar-refractivity contribution is -0.139. The summed E-state index contributed by atoms with van der Waals surface area (Å²) in [6.07, 6.45) is 0. The van der Waals surface area contributed by atoms with Crippen LogP contribution in [-0.2, 0) is 9.59 Å². The maximum atomic E-state index is 12.8. The number of hydrogen-bond acceptors (Lipinski definition) is 6. The van der Waals surface area contributed by atoms with Crippen LogP contribution in [0.4, 0.5) is 0 Å². The molecule has 0 unspecified atom stereocenters. The highest BCUT2D eigenvalue weighted by Gasteiger charge is 2.45. The van der Waals surface area contributed by atoms with Gasteiger partial charge in [0.15, 0.2) is 0 Å². The van der Waals surface area contributed by atoms with Gasteiger partial charge in [0.1, 0.15) is 11.5 Å². The molecule has 2 aromatic rings. The zero-order valence-corrected chi connectivity index (χ0v) is 16.2. The summed E-state index contributed by atoms with van der Waals surface area (Å²) in [6.45, 7) is 1.06. The molecular formula is C22H24N2O5. The third-order valence-corrected chi connectivity index (χ3v) is 4.84. The summed E-state index contributed by atoms with van der Waals surface area (Å²) in [7, 11) is 1.54. The van der Waals surface area contributed by atoms with Crippen LogP contribution in [0.15, 0.2) is 60.2 Å². The fourth-order valence-electron chi connectivity index (χ4n) is 3.40. The molecule has 0 aromatic heterocycles. The zero-order chi connectivity index (χ0) is 20.8. The van der Waals surface area contributed by atoms with Crippen LogP contribution in [0.25, 0.3) is 5.76 Å². The van der Waals surface area contributed by atoms with Gasteiger partial charge in [-0.15, -0.1) is 0 Å². The molecule has 1 aliphatic heterocycles. The van der Waals surface area contributed by atoms with E-state index in [1.54, 1.807) is 31.4 Å². The van der Waals surface area contributed by atoms with E-state index < -0.39 is 17.7 Å². The average Bonchev–Trinajstić information content (AvgIpc) is 3.01. The third kappa shape index (κ3) is 4.31. The molecule has 1 saturated heterocycles. The number of amides is 1. The molecule has 1 atom stereocenters. The standard InChI is InChI=1S/C22H24N2O5/c1-29-17-9-7-16(8-10-17)20(26)18-19(15-5-3-2-4-6-15)24(22(28)21(18)27)13-11-23-12-14-25/h2-10,19,23,25-26H,11-14H2,1H3/t19-/m1/s1. The van der Waals surface area contributed by atoms with Gasteiger partial charge >= 0.3 is 0 Å². The normalized spacial score (nSPS) is 18.3. The maximum absolute atomic E-state index is 12.8. The predicted molar refractivity (Wildman–Crippen MR) is 108 cm³/mol. The van der Waals surface area contributed by atoms with Crippen molar-refractivity contribution in [3.63, 3.8) is 0 Å². The van der Waals surface area contributed by atoms with Gasteiger partial charge in [0.25, 0.3) is 11.7 Å². The van der Waals surface area contributed by atoms with E-state index in [1.165, 1.54) is 4.90 Å². The van der Waals surface area contributed by atoms with Crippen molar-refractivity contribution in [3.8, 4) is 5.75 Å². The van der Waals surface area contributed by atoms with Crippen LogP contribution in [0.5, 0.6) is 5.75 Å². The summed E-state index contributed by atoms with van der Waals surface area (Å²) in [5.74, 6) is -0.962. The van der Waals surface area contributed by atoms with Crippen LogP contribution >= 0.6 is 0 Å². The number of ether oxygens (including phenoxy) is 1. The molecular weight excluding hydrogens is 372 g/mol. The first-order valence-electron chi connectivity index (χ1n) is 9.37. The Labute approximate surface area is 169 Å². The van der Waals surface area contributed by atoms with E-state index in [9.17, 15) is 14.7 Å². The van der Waals surface area contributed by atoms with Crippen molar-refractivity contribution >= 4 is 17.4 Å². The van der Waals surface area contributed by atoms with Crippen molar-refractivity contribution in [3.05, 3.63) is 71.3 Å². The molecule has 152 valence electrons. The second-order valence-electron chi connectivity index (χ2n) is 6.61. The Morgan fingerprint density at radius 3 is 2.38 bits per heavy atom. The number of benzene rings is 2. The fourth-order valence-corrected chi connectivity index (χ4v) is 3.40. The number of nitrogens with one attached hydrogen (secondary N) is 1. The van der Waals surface area contributed by atoms with Gasteiger partial charge in [-0.2, -0.15) is 0 Å².